The van der Waals surface area contributed by atoms with Gasteiger partial charge >= 0.3 is 0 Å². The van der Waals surface area contributed by atoms with Crippen molar-refractivity contribution in [2.24, 2.45) is 0 Å². The number of carbonyl (C=O) groups is 1. The Morgan fingerprint density at radius 3 is 2.43 bits per heavy atom. The smallest absolute Gasteiger partial charge is 0.244 e. The summed E-state index contributed by atoms with van der Waals surface area (Å²) in [4.78, 5) is 14.9. The number of likely N-dealkylation sites (tertiary alicyclic amines) is 1. The van der Waals surface area contributed by atoms with Gasteiger partial charge in [-0.2, -0.15) is 0 Å². The van der Waals surface area contributed by atoms with E-state index < -0.39 is 32.6 Å². The number of nitrogens with zero attached hydrogens (tertiary/aromatic N) is 1. The largest absolute Gasteiger partial charge is 0.497 e. The van der Waals surface area contributed by atoms with E-state index in [-0.39, 0.29) is 4.90 Å². The second-order valence-electron chi connectivity index (χ2n) is 8.58. The average molecular weight is 430 g/mol. The fraction of sp³-hybridized carbons (Fsp3) is 0.435. The second-order valence-corrected chi connectivity index (χ2v) is 10.6. The topological polar surface area (TPSA) is 72.9 Å². The predicted octanol–water partition coefficient (Wildman–Crippen LogP) is 3.72. The Morgan fingerprint density at radius 1 is 1.17 bits per heavy atom. The highest BCUT2D eigenvalue weighted by molar-refractivity contribution is 7.92. The molecule has 2 bridgehead atoms. The second kappa shape index (κ2) is 7.01. The maximum absolute atomic E-state index is 13.7. The summed E-state index contributed by atoms with van der Waals surface area (Å²) >= 11 is 0. The first kappa shape index (κ1) is 20.7. The standard InChI is InChI=1S/C23H27NO5S/c1-14(2)15-6-9-17(10-7-15)30(26,27)21-19-13-23(3,24(4)22(21)25)29-20-11-8-16(28-5)12-18(19)20/h6-12,14,19,21H,13H2,1-5H3/t19-,21+,23-/m1/s1. The molecule has 2 aliphatic heterocycles. The van der Waals surface area contributed by atoms with Gasteiger partial charge in [-0.05, 0) is 48.7 Å². The number of amides is 1. The lowest BCUT2D eigenvalue weighted by atomic mass is 9.80. The molecule has 7 heteroatoms. The molecule has 1 amide bonds. The summed E-state index contributed by atoms with van der Waals surface area (Å²) in [7, 11) is -0.750. The molecule has 2 aromatic carbocycles. The van der Waals surface area contributed by atoms with Crippen LogP contribution < -0.4 is 9.47 Å². The van der Waals surface area contributed by atoms with Crippen LogP contribution >= 0.6 is 0 Å². The Bertz CT molecular complexity index is 1090. The molecule has 0 radical (unpaired) electrons. The van der Waals surface area contributed by atoms with Crippen LogP contribution in [0.2, 0.25) is 0 Å². The molecule has 6 nitrogen and oxygen atoms in total. The van der Waals surface area contributed by atoms with Crippen LogP contribution in [0.4, 0.5) is 0 Å². The van der Waals surface area contributed by atoms with E-state index in [0.29, 0.717) is 29.4 Å². The number of piperidine rings is 1. The van der Waals surface area contributed by atoms with Gasteiger partial charge in [-0.15, -0.1) is 0 Å². The van der Waals surface area contributed by atoms with Gasteiger partial charge in [-0.1, -0.05) is 26.0 Å². The first-order chi connectivity index (χ1) is 14.1. The number of sulfone groups is 1. The van der Waals surface area contributed by atoms with E-state index in [2.05, 4.69) is 13.8 Å². The van der Waals surface area contributed by atoms with E-state index in [1.807, 2.05) is 19.1 Å². The van der Waals surface area contributed by atoms with Crippen LogP contribution in [0.15, 0.2) is 47.4 Å². The van der Waals surface area contributed by atoms with Crippen LogP contribution in [0.25, 0.3) is 0 Å². The van der Waals surface area contributed by atoms with Crippen LogP contribution in [0.5, 0.6) is 11.5 Å². The van der Waals surface area contributed by atoms with Gasteiger partial charge in [0.1, 0.15) is 11.5 Å². The first-order valence-electron chi connectivity index (χ1n) is 10.1. The molecule has 1 fully saturated rings. The normalized spacial score (nSPS) is 25.7. The Kier molecular flexibility index (Phi) is 4.84. The van der Waals surface area contributed by atoms with E-state index in [4.69, 9.17) is 9.47 Å². The maximum Gasteiger partial charge on any atom is 0.244 e. The lowest BCUT2D eigenvalue weighted by Crippen LogP contribution is -2.64. The number of fused-ring (bicyclic) bond motifs is 4. The third-order valence-corrected chi connectivity index (χ3v) is 8.53. The van der Waals surface area contributed by atoms with Crippen molar-refractivity contribution in [3.05, 3.63) is 53.6 Å². The van der Waals surface area contributed by atoms with E-state index >= 15 is 0 Å². The third-order valence-electron chi connectivity index (χ3n) is 6.40. The number of hydrogen-bond donors (Lipinski definition) is 0. The zero-order chi connectivity index (χ0) is 21.8. The Hall–Kier alpha value is -2.54. The molecule has 160 valence electrons. The van der Waals surface area contributed by atoms with Crippen LogP contribution in [0, 0.1) is 0 Å². The number of rotatable bonds is 4. The average Bonchev–Trinajstić information content (AvgIpc) is 2.72. The summed E-state index contributed by atoms with van der Waals surface area (Å²) in [6.07, 6.45) is 0.392. The first-order valence-corrected chi connectivity index (χ1v) is 11.6. The van der Waals surface area contributed by atoms with Crippen LogP contribution in [0.1, 0.15) is 50.2 Å². The van der Waals surface area contributed by atoms with Gasteiger partial charge in [0.15, 0.2) is 20.8 Å². The highest BCUT2D eigenvalue weighted by atomic mass is 32.2. The van der Waals surface area contributed by atoms with Gasteiger partial charge in [-0.3, -0.25) is 4.79 Å². The lowest BCUT2D eigenvalue weighted by molar-refractivity contribution is -0.159. The maximum atomic E-state index is 13.7. The molecule has 0 N–H and O–H groups in total. The van der Waals surface area contributed by atoms with Crippen molar-refractivity contribution in [3.8, 4) is 11.5 Å². The molecule has 0 saturated carbocycles. The minimum atomic E-state index is -3.91. The summed E-state index contributed by atoms with van der Waals surface area (Å²) < 4.78 is 38.8. The van der Waals surface area contributed by atoms with E-state index in [0.717, 1.165) is 5.56 Å². The summed E-state index contributed by atoms with van der Waals surface area (Å²) in [5.74, 6) is 0.510. The molecule has 2 heterocycles. The molecule has 0 unspecified atom stereocenters. The number of methoxy groups -OCH3 is 1. The van der Waals surface area contributed by atoms with Crippen LogP contribution in [0.3, 0.4) is 0 Å². The summed E-state index contributed by atoms with van der Waals surface area (Å²) in [5, 5.41) is -1.21. The third kappa shape index (κ3) is 3.07. The summed E-state index contributed by atoms with van der Waals surface area (Å²) in [6, 6.07) is 12.2. The molecule has 2 aromatic rings. The van der Waals surface area contributed by atoms with E-state index in [9.17, 15) is 13.2 Å². The van der Waals surface area contributed by atoms with Crippen molar-refractivity contribution < 1.29 is 22.7 Å². The zero-order valence-electron chi connectivity index (χ0n) is 17.9. The molecule has 0 spiro atoms. The van der Waals surface area contributed by atoms with Crippen molar-refractivity contribution in [2.75, 3.05) is 14.2 Å². The molecule has 1 saturated heterocycles. The van der Waals surface area contributed by atoms with Crippen LogP contribution in [-0.4, -0.2) is 44.4 Å². The monoisotopic (exact) mass is 429 g/mol. The molecule has 30 heavy (non-hydrogen) atoms. The molecule has 0 aromatic heterocycles. The van der Waals surface area contributed by atoms with Gasteiger partial charge in [0.05, 0.1) is 12.0 Å². The number of carbonyl (C=O) groups excluding carboxylic acids is 1. The molecule has 4 rings (SSSR count). The van der Waals surface area contributed by atoms with E-state index in [1.165, 1.54) is 4.90 Å². The van der Waals surface area contributed by atoms with Crippen molar-refractivity contribution in [3.63, 3.8) is 0 Å². The van der Waals surface area contributed by atoms with Crippen molar-refractivity contribution in [2.45, 2.75) is 54.9 Å². The molecular weight excluding hydrogens is 402 g/mol. The van der Waals surface area contributed by atoms with Crippen molar-refractivity contribution in [1.29, 1.82) is 0 Å². The van der Waals surface area contributed by atoms with Crippen LogP contribution in [-0.2, 0) is 14.6 Å². The van der Waals surface area contributed by atoms with Gasteiger partial charge in [-0.25, -0.2) is 8.42 Å². The molecule has 0 aliphatic carbocycles. The number of hydrogen-bond acceptors (Lipinski definition) is 5. The summed E-state index contributed by atoms with van der Waals surface area (Å²) in [6.45, 7) is 5.93. The van der Waals surface area contributed by atoms with Gasteiger partial charge in [0.2, 0.25) is 5.91 Å². The van der Waals surface area contributed by atoms with Gasteiger partial charge in [0.25, 0.3) is 0 Å². The fourth-order valence-corrected chi connectivity index (χ4v) is 6.35. The minimum absolute atomic E-state index is 0.165. The van der Waals surface area contributed by atoms with Gasteiger partial charge in [0, 0.05) is 24.9 Å². The zero-order valence-corrected chi connectivity index (χ0v) is 18.7. The Morgan fingerprint density at radius 2 is 1.83 bits per heavy atom. The number of ether oxygens (including phenoxy) is 2. The van der Waals surface area contributed by atoms with Gasteiger partial charge < -0.3 is 14.4 Å². The molecule has 3 atom stereocenters. The fourth-order valence-electron chi connectivity index (χ4n) is 4.44. The quantitative estimate of drug-likeness (QED) is 0.741. The Labute approximate surface area is 177 Å². The lowest BCUT2D eigenvalue weighted by Gasteiger charge is -2.51. The molecule has 2 aliphatic rings. The highest BCUT2D eigenvalue weighted by Crippen LogP contribution is 2.50. The predicted molar refractivity (Wildman–Crippen MR) is 114 cm³/mol. The van der Waals surface area contributed by atoms with Crippen molar-refractivity contribution >= 4 is 15.7 Å². The number of benzene rings is 2. The highest BCUT2D eigenvalue weighted by Gasteiger charge is 2.57. The van der Waals surface area contributed by atoms with Crippen molar-refractivity contribution in [1.82, 2.24) is 4.90 Å². The minimum Gasteiger partial charge on any atom is -0.497 e. The molecular formula is C23H27NO5S. The Balaban J connectivity index is 1.85. The SMILES string of the molecule is COc1ccc2c(c1)[C@H]1C[C@@](C)(O2)N(C)C(=O)[C@H]1S(=O)(=O)c1ccc(C(C)C)cc1. The van der Waals surface area contributed by atoms with E-state index in [1.54, 1.807) is 44.5 Å². The summed E-state index contributed by atoms with van der Waals surface area (Å²) in [5.41, 5.74) is 0.854.